The number of para-hydroxylation sites is 1. The second kappa shape index (κ2) is 5.24. The molecule has 3 rings (SSSR count). The van der Waals surface area contributed by atoms with Crippen LogP contribution in [-0.4, -0.2) is 24.8 Å². The van der Waals surface area contributed by atoms with Crippen LogP contribution in [-0.2, 0) is 6.42 Å². The van der Waals surface area contributed by atoms with Gasteiger partial charge in [-0.15, -0.1) is 5.10 Å². The Bertz CT molecular complexity index is 776. The summed E-state index contributed by atoms with van der Waals surface area (Å²) in [5.74, 6) is 0.709. The predicted molar refractivity (Wildman–Crippen MR) is 75.4 cm³/mol. The summed E-state index contributed by atoms with van der Waals surface area (Å²) >= 11 is 0. The molecule has 0 atom stereocenters. The molecule has 0 spiro atoms. The Balaban J connectivity index is 2.28. The van der Waals surface area contributed by atoms with Gasteiger partial charge in [0.15, 0.2) is 0 Å². The lowest BCUT2D eigenvalue weighted by atomic mass is 10.2. The highest BCUT2D eigenvalue weighted by Crippen LogP contribution is 2.09. The van der Waals surface area contributed by atoms with E-state index in [1.54, 1.807) is 18.5 Å². The Morgan fingerprint density at radius 1 is 1.25 bits per heavy atom. The topological polar surface area (TPSA) is 65.6 Å². The van der Waals surface area contributed by atoms with E-state index in [1.165, 1.54) is 9.47 Å². The van der Waals surface area contributed by atoms with E-state index in [4.69, 9.17) is 0 Å². The van der Waals surface area contributed by atoms with Crippen LogP contribution in [0.3, 0.4) is 0 Å². The largest absolute Gasteiger partial charge is 0.282 e. The molecule has 0 aliphatic carbocycles. The number of aryl methyl sites for hydroxylation is 1. The molecule has 0 fully saturated rings. The number of aromatic nitrogens is 5. The summed E-state index contributed by atoms with van der Waals surface area (Å²) in [6.07, 6.45) is 5.94. The average Bonchev–Trinajstić information content (AvgIpc) is 2.99. The van der Waals surface area contributed by atoms with Crippen molar-refractivity contribution in [3.8, 4) is 0 Å². The molecule has 0 saturated carbocycles. The molecular formula is C14H15N5O. The Morgan fingerprint density at radius 3 is 2.85 bits per heavy atom. The van der Waals surface area contributed by atoms with E-state index < -0.39 is 0 Å². The van der Waals surface area contributed by atoms with Gasteiger partial charge in [-0.25, -0.2) is 4.98 Å². The van der Waals surface area contributed by atoms with Gasteiger partial charge < -0.3 is 0 Å². The maximum absolute atomic E-state index is 12.6. The normalized spacial score (nSPS) is 11.1. The van der Waals surface area contributed by atoms with E-state index in [1.807, 2.05) is 18.2 Å². The fourth-order valence-electron chi connectivity index (χ4n) is 2.19. The monoisotopic (exact) mass is 269 g/mol. The molecule has 102 valence electrons. The molecule has 0 amide bonds. The minimum Gasteiger partial charge on any atom is -0.267 e. The van der Waals surface area contributed by atoms with Crippen molar-refractivity contribution < 1.29 is 0 Å². The number of nitrogens with zero attached hydrogens (tertiary/aromatic N) is 5. The Morgan fingerprint density at radius 2 is 2.10 bits per heavy atom. The van der Waals surface area contributed by atoms with Gasteiger partial charge in [-0.05, 0) is 23.8 Å². The lowest BCUT2D eigenvalue weighted by molar-refractivity contribution is 0.494. The Hall–Kier alpha value is -2.50. The van der Waals surface area contributed by atoms with Crippen LogP contribution >= 0.6 is 0 Å². The molecule has 20 heavy (non-hydrogen) atoms. The van der Waals surface area contributed by atoms with Crippen molar-refractivity contribution in [3.63, 3.8) is 0 Å². The fourth-order valence-corrected chi connectivity index (χ4v) is 2.19. The van der Waals surface area contributed by atoms with Crippen LogP contribution in [0.25, 0.3) is 10.9 Å². The van der Waals surface area contributed by atoms with Gasteiger partial charge in [0.25, 0.3) is 5.56 Å². The van der Waals surface area contributed by atoms with Crippen LogP contribution in [0.1, 0.15) is 25.6 Å². The first-order valence-electron chi connectivity index (χ1n) is 6.69. The molecule has 6 heteroatoms. The summed E-state index contributed by atoms with van der Waals surface area (Å²) in [6, 6.07) is 7.36. The average molecular weight is 269 g/mol. The van der Waals surface area contributed by atoms with Gasteiger partial charge in [-0.2, -0.15) is 9.47 Å². The Kier molecular flexibility index (Phi) is 3.28. The number of unbranched alkanes of at least 4 members (excludes halogenated alkanes) is 1. The minimum atomic E-state index is -0.118. The quantitative estimate of drug-likeness (QED) is 0.722. The van der Waals surface area contributed by atoms with Crippen molar-refractivity contribution in [1.29, 1.82) is 0 Å². The molecule has 2 heterocycles. The van der Waals surface area contributed by atoms with Crippen LogP contribution in [0.2, 0.25) is 0 Å². The number of hydrogen-bond acceptors (Lipinski definition) is 4. The van der Waals surface area contributed by atoms with E-state index in [9.17, 15) is 4.79 Å². The zero-order valence-electron chi connectivity index (χ0n) is 11.2. The van der Waals surface area contributed by atoms with E-state index in [-0.39, 0.29) is 5.56 Å². The molecule has 3 aromatic rings. The van der Waals surface area contributed by atoms with Crippen molar-refractivity contribution in [2.75, 3.05) is 0 Å². The molecule has 0 radical (unpaired) electrons. The van der Waals surface area contributed by atoms with Gasteiger partial charge in [0.2, 0.25) is 0 Å². The molecule has 0 aliphatic heterocycles. The van der Waals surface area contributed by atoms with Gasteiger partial charge in [0.1, 0.15) is 5.82 Å². The van der Waals surface area contributed by atoms with Gasteiger partial charge in [0, 0.05) is 6.42 Å². The molecule has 0 saturated heterocycles. The highest BCUT2D eigenvalue weighted by Gasteiger charge is 2.12. The van der Waals surface area contributed by atoms with Gasteiger partial charge >= 0.3 is 0 Å². The number of fused-ring (bicyclic) bond motifs is 1. The zero-order valence-corrected chi connectivity index (χ0v) is 11.2. The smallest absolute Gasteiger partial charge is 0.267 e. The fraction of sp³-hybridized carbons (Fsp3) is 0.286. The third kappa shape index (κ3) is 2.09. The van der Waals surface area contributed by atoms with Crippen molar-refractivity contribution in [2.24, 2.45) is 0 Å². The summed E-state index contributed by atoms with van der Waals surface area (Å²) in [7, 11) is 0. The summed E-state index contributed by atoms with van der Waals surface area (Å²) in [5, 5.41) is 8.27. The first-order chi connectivity index (χ1) is 9.81. The van der Waals surface area contributed by atoms with E-state index in [0.717, 1.165) is 24.8 Å². The van der Waals surface area contributed by atoms with E-state index in [0.29, 0.717) is 11.2 Å². The number of rotatable bonds is 4. The van der Waals surface area contributed by atoms with Crippen LogP contribution in [0.5, 0.6) is 0 Å². The second-order valence-electron chi connectivity index (χ2n) is 4.59. The molecule has 0 N–H and O–H groups in total. The first-order valence-corrected chi connectivity index (χ1v) is 6.69. The minimum absolute atomic E-state index is 0.118. The maximum atomic E-state index is 12.6. The van der Waals surface area contributed by atoms with E-state index >= 15 is 0 Å². The van der Waals surface area contributed by atoms with Crippen LogP contribution < -0.4 is 5.56 Å². The lowest BCUT2D eigenvalue weighted by Gasteiger charge is -2.12. The summed E-state index contributed by atoms with van der Waals surface area (Å²) < 4.78 is 1.49. The second-order valence-corrected chi connectivity index (χ2v) is 4.59. The lowest BCUT2D eigenvalue weighted by Crippen LogP contribution is -2.31. The maximum Gasteiger partial charge on any atom is 0.282 e. The molecule has 0 bridgehead atoms. The molecule has 0 unspecified atom stereocenters. The highest BCUT2D eigenvalue weighted by atomic mass is 16.1. The molecule has 0 aliphatic rings. The summed E-state index contributed by atoms with van der Waals surface area (Å²) in [4.78, 5) is 18.7. The molecule has 2 aromatic heterocycles. The molecule has 6 nitrogen and oxygen atoms in total. The van der Waals surface area contributed by atoms with Crippen molar-refractivity contribution in [2.45, 2.75) is 26.2 Å². The van der Waals surface area contributed by atoms with Crippen LogP contribution in [0.15, 0.2) is 41.5 Å². The zero-order chi connectivity index (χ0) is 13.9. The van der Waals surface area contributed by atoms with Crippen molar-refractivity contribution in [1.82, 2.24) is 24.8 Å². The van der Waals surface area contributed by atoms with Crippen molar-refractivity contribution >= 4 is 10.9 Å². The molecule has 1 aromatic carbocycles. The Labute approximate surface area is 115 Å². The van der Waals surface area contributed by atoms with Gasteiger partial charge in [0.05, 0.1) is 23.3 Å². The van der Waals surface area contributed by atoms with Crippen molar-refractivity contribution in [3.05, 3.63) is 52.8 Å². The van der Waals surface area contributed by atoms with Gasteiger partial charge in [-0.3, -0.25) is 4.79 Å². The van der Waals surface area contributed by atoms with Crippen LogP contribution in [0, 0.1) is 0 Å². The van der Waals surface area contributed by atoms with Crippen LogP contribution in [0.4, 0.5) is 0 Å². The third-order valence-electron chi connectivity index (χ3n) is 3.19. The summed E-state index contributed by atoms with van der Waals surface area (Å²) in [6.45, 7) is 2.11. The standard InChI is InChI=1S/C14H15N5O/c1-2-3-8-13-16-12-7-5-4-6-11(12)14(20)19(13)18-10-9-15-17-18/h4-7,9-10H,2-3,8H2,1H3. The third-order valence-corrected chi connectivity index (χ3v) is 3.19. The highest BCUT2D eigenvalue weighted by molar-refractivity contribution is 5.77. The SMILES string of the molecule is CCCCc1nc2ccccc2c(=O)n1-n1ccnn1. The first kappa shape index (κ1) is 12.5. The number of benzene rings is 1. The molecular weight excluding hydrogens is 254 g/mol. The van der Waals surface area contributed by atoms with E-state index in [2.05, 4.69) is 22.2 Å². The van der Waals surface area contributed by atoms with Gasteiger partial charge in [-0.1, -0.05) is 25.5 Å². The predicted octanol–water partition coefficient (Wildman–Crippen LogP) is 1.64. The number of hydrogen-bond donors (Lipinski definition) is 0. The summed E-state index contributed by atoms with van der Waals surface area (Å²) in [5.41, 5.74) is 0.604.